The van der Waals surface area contributed by atoms with Crippen LogP contribution in [0.1, 0.15) is 10.4 Å². The second kappa shape index (κ2) is 5.50. The van der Waals surface area contributed by atoms with Gasteiger partial charge in [-0.1, -0.05) is 0 Å². The van der Waals surface area contributed by atoms with Gasteiger partial charge in [0.15, 0.2) is 0 Å². The van der Waals surface area contributed by atoms with E-state index in [9.17, 15) is 4.79 Å². The van der Waals surface area contributed by atoms with Gasteiger partial charge >= 0.3 is 0 Å². The van der Waals surface area contributed by atoms with Gasteiger partial charge in [0, 0.05) is 11.1 Å². The first-order valence-corrected chi connectivity index (χ1v) is 6.84. The van der Waals surface area contributed by atoms with Crippen molar-refractivity contribution in [3.63, 3.8) is 0 Å². The van der Waals surface area contributed by atoms with Gasteiger partial charge in [-0.2, -0.15) is 0 Å². The van der Waals surface area contributed by atoms with Crippen LogP contribution in [0.2, 0.25) is 0 Å². The lowest BCUT2D eigenvalue weighted by atomic mass is 10.2. The Balaban J connectivity index is 2.07. The van der Waals surface area contributed by atoms with Crippen molar-refractivity contribution < 1.29 is 9.53 Å². The average Bonchev–Trinajstić information content (AvgIpc) is 2.77. The van der Waals surface area contributed by atoms with E-state index in [1.807, 2.05) is 35.7 Å². The van der Waals surface area contributed by atoms with Crippen molar-refractivity contribution in [2.75, 3.05) is 12.4 Å². The third-order valence-electron chi connectivity index (χ3n) is 2.18. The van der Waals surface area contributed by atoms with Gasteiger partial charge < -0.3 is 10.1 Å². The molecule has 0 saturated heterocycles. The molecule has 2 aromatic rings. The molecule has 1 aromatic heterocycles. The van der Waals surface area contributed by atoms with E-state index in [2.05, 4.69) is 27.9 Å². The summed E-state index contributed by atoms with van der Waals surface area (Å²) < 4.78 is 6.15. The number of amides is 1. The van der Waals surface area contributed by atoms with E-state index < -0.39 is 0 Å². The molecule has 0 aliphatic carbocycles. The number of hydrogen-bond donors (Lipinski definition) is 1. The maximum atomic E-state index is 11.8. The van der Waals surface area contributed by atoms with Crippen molar-refractivity contribution in [3.8, 4) is 5.75 Å². The first kappa shape index (κ1) is 12.4. The molecule has 0 fully saturated rings. The smallest absolute Gasteiger partial charge is 0.256 e. The Kier molecular flexibility index (Phi) is 4.01. The van der Waals surface area contributed by atoms with Crippen LogP contribution >= 0.6 is 33.9 Å². The minimum Gasteiger partial charge on any atom is -0.497 e. The molecule has 0 aliphatic heterocycles. The number of anilines is 1. The standard InChI is InChI=1S/C12H10INO2S/c1-16-10-4-2-9(3-5-10)14-12(15)8-6-11(13)17-7-8/h2-7H,1H3,(H,14,15). The number of nitrogens with one attached hydrogen (secondary N) is 1. The van der Waals surface area contributed by atoms with E-state index in [0.717, 1.165) is 14.3 Å². The van der Waals surface area contributed by atoms with Crippen LogP contribution in [-0.2, 0) is 0 Å². The van der Waals surface area contributed by atoms with Gasteiger partial charge in [-0.15, -0.1) is 11.3 Å². The molecule has 0 unspecified atom stereocenters. The number of halogens is 1. The molecular weight excluding hydrogens is 349 g/mol. The molecule has 0 saturated carbocycles. The summed E-state index contributed by atoms with van der Waals surface area (Å²) in [6.07, 6.45) is 0. The third-order valence-corrected chi connectivity index (χ3v) is 3.97. The number of ether oxygens (including phenoxy) is 1. The first-order chi connectivity index (χ1) is 8.19. The molecule has 1 aromatic carbocycles. The van der Waals surface area contributed by atoms with Gasteiger partial charge in [-0.3, -0.25) is 4.79 Å². The lowest BCUT2D eigenvalue weighted by molar-refractivity contribution is 0.102. The van der Waals surface area contributed by atoms with Gasteiger partial charge in [-0.25, -0.2) is 0 Å². The topological polar surface area (TPSA) is 38.3 Å². The molecule has 1 N–H and O–H groups in total. The second-order valence-corrected chi connectivity index (χ2v) is 6.13. The molecule has 1 amide bonds. The van der Waals surface area contributed by atoms with Crippen LogP contribution in [0.3, 0.4) is 0 Å². The number of methoxy groups -OCH3 is 1. The van der Waals surface area contributed by atoms with Crippen LogP contribution in [0.4, 0.5) is 5.69 Å². The van der Waals surface area contributed by atoms with E-state index in [1.165, 1.54) is 0 Å². The number of carbonyl (C=O) groups excluding carboxylic acids is 1. The molecule has 5 heteroatoms. The van der Waals surface area contributed by atoms with Crippen LogP contribution in [0.15, 0.2) is 35.7 Å². The molecule has 0 spiro atoms. The van der Waals surface area contributed by atoms with Crippen LogP contribution in [-0.4, -0.2) is 13.0 Å². The van der Waals surface area contributed by atoms with E-state index in [0.29, 0.717) is 5.56 Å². The van der Waals surface area contributed by atoms with Gasteiger partial charge in [-0.05, 0) is 52.9 Å². The average molecular weight is 359 g/mol. The Bertz CT molecular complexity index is 522. The maximum Gasteiger partial charge on any atom is 0.256 e. The van der Waals surface area contributed by atoms with Crippen molar-refractivity contribution >= 4 is 45.5 Å². The zero-order valence-corrected chi connectivity index (χ0v) is 12.0. The Hall–Kier alpha value is -1.08. The molecule has 0 bridgehead atoms. The lowest BCUT2D eigenvalue weighted by Crippen LogP contribution is -2.10. The number of hydrogen-bond acceptors (Lipinski definition) is 3. The van der Waals surface area contributed by atoms with Crippen LogP contribution in [0.25, 0.3) is 0 Å². The molecular formula is C12H10INO2S. The van der Waals surface area contributed by atoms with Gasteiger partial charge in [0.1, 0.15) is 5.75 Å². The number of thiophene rings is 1. The third kappa shape index (κ3) is 3.19. The molecule has 17 heavy (non-hydrogen) atoms. The largest absolute Gasteiger partial charge is 0.497 e. The summed E-state index contributed by atoms with van der Waals surface area (Å²) in [6, 6.07) is 9.12. The predicted molar refractivity (Wildman–Crippen MR) is 78.0 cm³/mol. The zero-order chi connectivity index (χ0) is 12.3. The monoisotopic (exact) mass is 359 g/mol. The fourth-order valence-electron chi connectivity index (χ4n) is 1.31. The summed E-state index contributed by atoms with van der Waals surface area (Å²) in [4.78, 5) is 11.8. The molecule has 1 heterocycles. The van der Waals surface area contributed by atoms with Crippen LogP contribution < -0.4 is 10.1 Å². The second-order valence-electron chi connectivity index (χ2n) is 3.32. The molecule has 0 radical (unpaired) electrons. The molecule has 2 rings (SSSR count). The summed E-state index contributed by atoms with van der Waals surface area (Å²) in [6.45, 7) is 0. The summed E-state index contributed by atoms with van der Waals surface area (Å²) in [5.41, 5.74) is 1.45. The normalized spacial score (nSPS) is 10.0. The van der Waals surface area contributed by atoms with Crippen molar-refractivity contribution in [3.05, 3.63) is 44.2 Å². The Morgan fingerprint density at radius 2 is 2.06 bits per heavy atom. The number of carbonyl (C=O) groups is 1. The Morgan fingerprint density at radius 3 is 2.59 bits per heavy atom. The zero-order valence-electron chi connectivity index (χ0n) is 9.07. The highest BCUT2D eigenvalue weighted by Crippen LogP contribution is 2.19. The van der Waals surface area contributed by atoms with Crippen molar-refractivity contribution in [2.24, 2.45) is 0 Å². The van der Waals surface area contributed by atoms with E-state index in [4.69, 9.17) is 4.74 Å². The highest BCUT2D eigenvalue weighted by molar-refractivity contribution is 14.1. The summed E-state index contributed by atoms with van der Waals surface area (Å²) in [7, 11) is 1.61. The van der Waals surface area contributed by atoms with Crippen LogP contribution in [0.5, 0.6) is 5.75 Å². The predicted octanol–water partition coefficient (Wildman–Crippen LogP) is 3.61. The highest BCUT2D eigenvalue weighted by Gasteiger charge is 2.07. The van der Waals surface area contributed by atoms with Crippen molar-refractivity contribution in [1.29, 1.82) is 0 Å². The minimum atomic E-state index is -0.0886. The summed E-state index contributed by atoms with van der Waals surface area (Å²) in [5.74, 6) is 0.683. The van der Waals surface area contributed by atoms with Crippen LogP contribution in [0, 0.1) is 2.88 Å². The first-order valence-electron chi connectivity index (χ1n) is 4.88. The van der Waals surface area contributed by atoms with Crippen molar-refractivity contribution in [1.82, 2.24) is 0 Å². The maximum absolute atomic E-state index is 11.8. The molecule has 0 atom stereocenters. The van der Waals surface area contributed by atoms with Gasteiger partial charge in [0.2, 0.25) is 0 Å². The van der Waals surface area contributed by atoms with E-state index >= 15 is 0 Å². The molecule has 0 aliphatic rings. The number of rotatable bonds is 3. The molecule has 88 valence electrons. The Labute approximate surface area is 117 Å². The quantitative estimate of drug-likeness (QED) is 0.851. The lowest BCUT2D eigenvalue weighted by Gasteiger charge is -2.04. The van der Waals surface area contributed by atoms with Gasteiger partial charge in [0.25, 0.3) is 5.91 Å². The highest BCUT2D eigenvalue weighted by atomic mass is 127. The van der Waals surface area contributed by atoms with Crippen molar-refractivity contribution in [2.45, 2.75) is 0 Å². The fourth-order valence-corrected chi connectivity index (χ4v) is 2.63. The summed E-state index contributed by atoms with van der Waals surface area (Å²) >= 11 is 3.75. The Morgan fingerprint density at radius 1 is 1.35 bits per heavy atom. The van der Waals surface area contributed by atoms with Gasteiger partial charge in [0.05, 0.1) is 15.6 Å². The summed E-state index contributed by atoms with van der Waals surface area (Å²) in [5, 5.41) is 4.68. The van der Waals surface area contributed by atoms with E-state index in [-0.39, 0.29) is 5.91 Å². The number of benzene rings is 1. The fraction of sp³-hybridized carbons (Fsp3) is 0.0833. The SMILES string of the molecule is COc1ccc(NC(=O)c2csc(I)c2)cc1. The van der Waals surface area contributed by atoms with E-state index in [1.54, 1.807) is 18.4 Å². The minimum absolute atomic E-state index is 0.0886. The molecule has 3 nitrogen and oxygen atoms in total.